The third-order valence-electron chi connectivity index (χ3n) is 5.71. The Morgan fingerprint density at radius 3 is 2.00 bits per heavy atom. The zero-order chi connectivity index (χ0) is 23.4. The summed E-state index contributed by atoms with van der Waals surface area (Å²) in [6, 6.07) is 22.1. The summed E-state index contributed by atoms with van der Waals surface area (Å²) in [6.45, 7) is 2.11. The molecule has 166 valence electrons. The largest absolute Gasteiger partial charge is 0.416 e. The summed E-state index contributed by atoms with van der Waals surface area (Å²) in [5.41, 5.74) is 3.59. The molecule has 0 saturated heterocycles. The smallest absolute Gasteiger partial charge is 0.206 e. The average Bonchev–Trinajstić information content (AvgIpc) is 2.82. The van der Waals surface area contributed by atoms with Crippen LogP contribution in [0.1, 0.15) is 40.3 Å². The molecule has 0 aliphatic heterocycles. The average molecular weight is 446 g/mol. The van der Waals surface area contributed by atoms with Crippen molar-refractivity contribution in [2.75, 3.05) is 0 Å². The van der Waals surface area contributed by atoms with Crippen molar-refractivity contribution >= 4 is 10.8 Å². The standard InChI is InChI=1S/C29H22F4/c1-2-20-3-5-21(6-4-20)7-8-23-12-18-27-25(19-23)15-14-24(28(27)30)13-9-22-10-16-26(17-11-22)29(31,32)33/h3-6,10-12,14-19H,2,9,13H2,1H3. The first-order chi connectivity index (χ1) is 15.8. The van der Waals surface area contributed by atoms with Crippen molar-refractivity contribution < 1.29 is 17.6 Å². The van der Waals surface area contributed by atoms with Gasteiger partial charge in [-0.2, -0.15) is 13.2 Å². The van der Waals surface area contributed by atoms with Crippen LogP contribution in [-0.2, 0) is 25.4 Å². The van der Waals surface area contributed by atoms with Gasteiger partial charge >= 0.3 is 6.18 Å². The number of rotatable bonds is 4. The maximum absolute atomic E-state index is 15.1. The van der Waals surface area contributed by atoms with Crippen LogP contribution in [0.25, 0.3) is 10.8 Å². The highest BCUT2D eigenvalue weighted by Gasteiger charge is 2.29. The van der Waals surface area contributed by atoms with Crippen molar-refractivity contribution in [2.45, 2.75) is 32.4 Å². The van der Waals surface area contributed by atoms with Gasteiger partial charge in [0.2, 0.25) is 0 Å². The Balaban J connectivity index is 1.49. The molecule has 4 aromatic carbocycles. The summed E-state index contributed by atoms with van der Waals surface area (Å²) < 4.78 is 53.2. The minimum atomic E-state index is -4.36. The minimum Gasteiger partial charge on any atom is -0.206 e. The van der Waals surface area contributed by atoms with Crippen LogP contribution in [0.15, 0.2) is 78.9 Å². The van der Waals surface area contributed by atoms with Crippen LogP contribution < -0.4 is 0 Å². The predicted molar refractivity (Wildman–Crippen MR) is 125 cm³/mol. The van der Waals surface area contributed by atoms with Crippen molar-refractivity contribution in [3.8, 4) is 11.8 Å². The zero-order valence-corrected chi connectivity index (χ0v) is 18.1. The number of hydrogen-bond donors (Lipinski definition) is 0. The van der Waals surface area contributed by atoms with E-state index in [2.05, 4.69) is 30.9 Å². The van der Waals surface area contributed by atoms with Gasteiger partial charge in [-0.25, -0.2) is 4.39 Å². The molecule has 0 fully saturated rings. The predicted octanol–water partition coefficient (Wildman–Crippen LogP) is 7.75. The zero-order valence-electron chi connectivity index (χ0n) is 18.1. The van der Waals surface area contributed by atoms with Crippen molar-refractivity contribution in [1.29, 1.82) is 0 Å². The van der Waals surface area contributed by atoms with Crippen molar-refractivity contribution in [1.82, 2.24) is 0 Å². The van der Waals surface area contributed by atoms with E-state index in [9.17, 15) is 13.2 Å². The lowest BCUT2D eigenvalue weighted by Gasteiger charge is -2.09. The molecule has 0 aliphatic rings. The number of benzene rings is 4. The Morgan fingerprint density at radius 2 is 1.33 bits per heavy atom. The van der Waals surface area contributed by atoms with E-state index < -0.39 is 11.7 Å². The van der Waals surface area contributed by atoms with E-state index in [1.54, 1.807) is 18.2 Å². The highest BCUT2D eigenvalue weighted by Crippen LogP contribution is 2.29. The summed E-state index contributed by atoms with van der Waals surface area (Å²) in [6.07, 6.45) is -2.51. The summed E-state index contributed by atoms with van der Waals surface area (Å²) in [5.74, 6) is 5.98. The molecule has 0 unspecified atom stereocenters. The van der Waals surface area contributed by atoms with E-state index in [1.807, 2.05) is 24.3 Å². The van der Waals surface area contributed by atoms with Crippen LogP contribution in [-0.4, -0.2) is 0 Å². The fourth-order valence-corrected chi connectivity index (χ4v) is 3.72. The molecular weight excluding hydrogens is 424 g/mol. The molecule has 0 aliphatic carbocycles. The van der Waals surface area contributed by atoms with Crippen LogP contribution in [0.3, 0.4) is 0 Å². The lowest BCUT2D eigenvalue weighted by Crippen LogP contribution is -2.04. The Morgan fingerprint density at radius 1 is 0.697 bits per heavy atom. The van der Waals surface area contributed by atoms with E-state index >= 15 is 4.39 Å². The van der Waals surface area contributed by atoms with Gasteiger partial charge in [0.05, 0.1) is 5.56 Å². The molecule has 0 N–H and O–H groups in total. The van der Waals surface area contributed by atoms with Gasteiger partial charge in [0.1, 0.15) is 5.82 Å². The molecule has 0 amide bonds. The summed E-state index contributed by atoms with van der Waals surface area (Å²) in [7, 11) is 0. The molecule has 4 aromatic rings. The molecule has 4 rings (SSSR count). The summed E-state index contributed by atoms with van der Waals surface area (Å²) >= 11 is 0. The van der Waals surface area contributed by atoms with Crippen molar-refractivity contribution in [3.63, 3.8) is 0 Å². The first-order valence-electron chi connectivity index (χ1n) is 10.8. The third-order valence-corrected chi connectivity index (χ3v) is 5.71. The quantitative estimate of drug-likeness (QED) is 0.222. The minimum absolute atomic E-state index is 0.297. The van der Waals surface area contributed by atoms with Gasteiger partial charge < -0.3 is 0 Å². The second-order valence-electron chi connectivity index (χ2n) is 7.97. The number of fused-ring (bicyclic) bond motifs is 1. The second kappa shape index (κ2) is 9.50. The SMILES string of the molecule is CCc1ccc(C#Cc2ccc3c(F)c(CCc4ccc(C(F)(F)F)cc4)ccc3c2)cc1. The van der Waals surface area contributed by atoms with Crippen LogP contribution in [0.2, 0.25) is 0 Å². The summed E-state index contributed by atoms with van der Waals surface area (Å²) in [5, 5.41) is 1.27. The van der Waals surface area contributed by atoms with Crippen molar-refractivity contribution in [3.05, 3.63) is 118 Å². The Labute approximate surface area is 190 Å². The van der Waals surface area contributed by atoms with Crippen LogP contribution in [0, 0.1) is 17.7 Å². The lowest BCUT2D eigenvalue weighted by atomic mass is 9.98. The van der Waals surface area contributed by atoms with Gasteiger partial charge in [-0.05, 0) is 77.7 Å². The molecule has 33 heavy (non-hydrogen) atoms. The van der Waals surface area contributed by atoms with Gasteiger partial charge in [-0.1, -0.05) is 61.2 Å². The van der Waals surface area contributed by atoms with E-state index in [4.69, 9.17) is 0 Å². The lowest BCUT2D eigenvalue weighted by molar-refractivity contribution is -0.137. The van der Waals surface area contributed by atoms with Crippen LogP contribution in [0.5, 0.6) is 0 Å². The monoisotopic (exact) mass is 446 g/mol. The maximum Gasteiger partial charge on any atom is 0.416 e. The normalized spacial score (nSPS) is 11.3. The second-order valence-corrected chi connectivity index (χ2v) is 7.97. The Bertz CT molecular complexity index is 1320. The first-order valence-corrected chi connectivity index (χ1v) is 10.8. The fraction of sp³-hybridized carbons (Fsp3) is 0.172. The molecule has 0 heterocycles. The molecule has 0 atom stereocenters. The Kier molecular flexibility index (Phi) is 6.51. The van der Waals surface area contributed by atoms with Gasteiger partial charge in [0.15, 0.2) is 0 Å². The molecular formula is C29H22F4. The van der Waals surface area contributed by atoms with Crippen LogP contribution >= 0.6 is 0 Å². The van der Waals surface area contributed by atoms with E-state index in [0.717, 1.165) is 40.6 Å². The number of hydrogen-bond acceptors (Lipinski definition) is 0. The fourth-order valence-electron chi connectivity index (χ4n) is 3.72. The van der Waals surface area contributed by atoms with Gasteiger partial charge in [-0.3, -0.25) is 0 Å². The topological polar surface area (TPSA) is 0 Å². The molecule has 4 heteroatoms. The first kappa shape index (κ1) is 22.6. The highest BCUT2D eigenvalue weighted by molar-refractivity contribution is 5.85. The highest BCUT2D eigenvalue weighted by atomic mass is 19.4. The molecule has 0 nitrogen and oxygen atoms in total. The maximum atomic E-state index is 15.1. The van der Waals surface area contributed by atoms with Gasteiger partial charge in [0, 0.05) is 16.5 Å². The number of aryl methyl sites for hydroxylation is 3. The van der Waals surface area contributed by atoms with Crippen molar-refractivity contribution in [2.24, 2.45) is 0 Å². The van der Waals surface area contributed by atoms with E-state index in [-0.39, 0.29) is 5.82 Å². The number of alkyl halides is 3. The molecule has 0 radical (unpaired) electrons. The number of halogens is 4. The molecule has 0 spiro atoms. The summed E-state index contributed by atoms with van der Waals surface area (Å²) in [4.78, 5) is 0. The van der Waals surface area contributed by atoms with E-state index in [0.29, 0.717) is 23.8 Å². The van der Waals surface area contributed by atoms with E-state index in [1.165, 1.54) is 17.7 Å². The molecule has 0 aromatic heterocycles. The van der Waals surface area contributed by atoms with Gasteiger partial charge in [0.25, 0.3) is 0 Å². The van der Waals surface area contributed by atoms with Gasteiger partial charge in [-0.15, -0.1) is 0 Å². The molecule has 0 bridgehead atoms. The Hall–Kier alpha value is -3.58. The van der Waals surface area contributed by atoms with Crippen LogP contribution in [0.4, 0.5) is 17.6 Å². The molecule has 0 saturated carbocycles. The third kappa shape index (κ3) is 5.43.